The fourth-order valence-corrected chi connectivity index (χ4v) is 4.40. The molecule has 1 aliphatic heterocycles. The molecule has 0 atom stereocenters. The third-order valence-corrected chi connectivity index (χ3v) is 5.37. The number of piperazine rings is 1. The summed E-state index contributed by atoms with van der Waals surface area (Å²) in [6.45, 7) is 5.20. The van der Waals surface area contributed by atoms with Crippen LogP contribution in [0.1, 0.15) is 5.01 Å². The molecule has 0 unspecified atom stereocenters. The van der Waals surface area contributed by atoms with Gasteiger partial charge in [0.2, 0.25) is 0 Å². The minimum absolute atomic E-state index is 0.705. The van der Waals surface area contributed by atoms with Gasteiger partial charge in [0.25, 0.3) is 0 Å². The van der Waals surface area contributed by atoms with Gasteiger partial charge in [0.05, 0.1) is 16.6 Å². The molecule has 1 aliphatic rings. The van der Waals surface area contributed by atoms with Crippen LogP contribution in [0, 0.1) is 0 Å². The highest BCUT2D eigenvalue weighted by Crippen LogP contribution is 2.38. The van der Waals surface area contributed by atoms with Gasteiger partial charge in [-0.05, 0) is 6.07 Å². The lowest BCUT2D eigenvalue weighted by atomic mass is 10.3. The second kappa shape index (κ2) is 6.08. The van der Waals surface area contributed by atoms with Gasteiger partial charge >= 0.3 is 0 Å². The average molecular weight is 334 g/mol. The molecule has 1 saturated heterocycles. The minimum atomic E-state index is 0.705. The van der Waals surface area contributed by atoms with E-state index in [-0.39, 0.29) is 0 Å². The summed E-state index contributed by atoms with van der Waals surface area (Å²) in [5, 5.41) is 6.54. The van der Waals surface area contributed by atoms with Crippen molar-refractivity contribution in [2.24, 2.45) is 0 Å². The average Bonchev–Trinajstić information content (AvgIpc) is 2.97. The monoisotopic (exact) mass is 333 g/mol. The van der Waals surface area contributed by atoms with Gasteiger partial charge in [0, 0.05) is 37.1 Å². The molecule has 102 valence electrons. The van der Waals surface area contributed by atoms with Crippen LogP contribution in [-0.2, 0) is 6.54 Å². The maximum atomic E-state index is 6.16. The predicted octanol–water partition coefficient (Wildman–Crippen LogP) is 3.58. The summed E-state index contributed by atoms with van der Waals surface area (Å²) in [4.78, 5) is 7.09. The fourth-order valence-electron chi connectivity index (χ4n) is 2.08. The molecule has 19 heavy (non-hydrogen) atoms. The van der Waals surface area contributed by atoms with E-state index >= 15 is 0 Å². The van der Waals surface area contributed by atoms with E-state index in [0.717, 1.165) is 49.0 Å². The molecule has 0 aliphatic carbocycles. The highest BCUT2D eigenvalue weighted by Gasteiger charge is 2.15. The molecule has 2 aromatic heterocycles. The summed E-state index contributed by atoms with van der Waals surface area (Å²) in [6.07, 6.45) is 0. The van der Waals surface area contributed by atoms with Crippen LogP contribution in [0.4, 0.5) is 0 Å². The van der Waals surface area contributed by atoms with E-state index in [2.05, 4.69) is 20.6 Å². The molecule has 1 fully saturated rings. The van der Waals surface area contributed by atoms with E-state index in [1.807, 2.05) is 6.07 Å². The quantitative estimate of drug-likeness (QED) is 0.930. The highest BCUT2D eigenvalue weighted by atomic mass is 35.5. The summed E-state index contributed by atoms with van der Waals surface area (Å²) in [5.41, 5.74) is 1.88. The van der Waals surface area contributed by atoms with Crippen molar-refractivity contribution < 1.29 is 0 Å². The Hall–Kier alpha value is -0.170. The number of nitrogens with one attached hydrogen (secondary N) is 1. The van der Waals surface area contributed by atoms with Gasteiger partial charge < -0.3 is 5.32 Å². The van der Waals surface area contributed by atoms with Crippen LogP contribution in [0.3, 0.4) is 0 Å². The second-order valence-electron chi connectivity index (χ2n) is 4.39. The van der Waals surface area contributed by atoms with Crippen molar-refractivity contribution in [3.8, 4) is 11.3 Å². The van der Waals surface area contributed by atoms with Crippen molar-refractivity contribution in [2.75, 3.05) is 26.2 Å². The molecular formula is C12H13Cl2N3S2. The molecule has 3 rings (SSSR count). The molecule has 0 saturated carbocycles. The van der Waals surface area contributed by atoms with Crippen LogP contribution in [-0.4, -0.2) is 36.1 Å². The smallest absolute Gasteiger partial charge is 0.107 e. The normalized spacial score (nSPS) is 16.9. The Morgan fingerprint density at radius 1 is 1.32 bits per heavy atom. The van der Waals surface area contributed by atoms with Gasteiger partial charge in [-0.25, -0.2) is 4.98 Å². The largest absolute Gasteiger partial charge is 0.314 e. The molecule has 0 spiro atoms. The Labute approximate surface area is 130 Å². The maximum Gasteiger partial charge on any atom is 0.107 e. The van der Waals surface area contributed by atoms with Gasteiger partial charge in [0.15, 0.2) is 0 Å². The third kappa shape index (κ3) is 3.29. The lowest BCUT2D eigenvalue weighted by Gasteiger charge is -2.26. The van der Waals surface area contributed by atoms with Crippen molar-refractivity contribution in [3.63, 3.8) is 0 Å². The van der Waals surface area contributed by atoms with E-state index in [1.165, 1.54) is 11.3 Å². The fraction of sp³-hybridized carbons (Fsp3) is 0.417. The molecule has 0 amide bonds. The van der Waals surface area contributed by atoms with Crippen LogP contribution in [0.15, 0.2) is 11.4 Å². The van der Waals surface area contributed by atoms with E-state index in [0.29, 0.717) is 8.67 Å². The Morgan fingerprint density at radius 3 is 2.79 bits per heavy atom. The highest BCUT2D eigenvalue weighted by molar-refractivity contribution is 7.20. The molecular weight excluding hydrogens is 321 g/mol. The summed E-state index contributed by atoms with van der Waals surface area (Å²) in [7, 11) is 0. The number of hydrogen-bond acceptors (Lipinski definition) is 5. The topological polar surface area (TPSA) is 28.2 Å². The number of thiazole rings is 1. The lowest BCUT2D eigenvalue weighted by Crippen LogP contribution is -2.42. The zero-order chi connectivity index (χ0) is 13.2. The Balaban J connectivity index is 1.74. The second-order valence-corrected chi connectivity index (χ2v) is 7.62. The first-order chi connectivity index (χ1) is 9.22. The first kappa shape index (κ1) is 13.8. The first-order valence-electron chi connectivity index (χ1n) is 6.05. The number of nitrogens with zero attached hydrogens (tertiary/aromatic N) is 2. The van der Waals surface area contributed by atoms with Crippen molar-refractivity contribution in [2.45, 2.75) is 6.54 Å². The molecule has 3 nitrogen and oxygen atoms in total. The van der Waals surface area contributed by atoms with Crippen molar-refractivity contribution in [1.29, 1.82) is 0 Å². The third-order valence-electron chi connectivity index (χ3n) is 3.05. The van der Waals surface area contributed by atoms with E-state index in [1.54, 1.807) is 11.3 Å². The zero-order valence-electron chi connectivity index (χ0n) is 10.2. The first-order valence-corrected chi connectivity index (χ1v) is 8.50. The number of aromatic nitrogens is 1. The van der Waals surface area contributed by atoms with Crippen molar-refractivity contribution in [1.82, 2.24) is 15.2 Å². The van der Waals surface area contributed by atoms with Gasteiger partial charge in [-0.2, -0.15) is 0 Å². The number of rotatable bonds is 3. The minimum Gasteiger partial charge on any atom is -0.314 e. The van der Waals surface area contributed by atoms with Crippen LogP contribution >= 0.6 is 45.9 Å². The van der Waals surface area contributed by atoms with E-state index in [4.69, 9.17) is 23.2 Å². The Morgan fingerprint density at radius 2 is 2.11 bits per heavy atom. The van der Waals surface area contributed by atoms with Gasteiger partial charge in [-0.3, -0.25) is 4.90 Å². The molecule has 0 bridgehead atoms. The molecule has 0 aromatic carbocycles. The van der Waals surface area contributed by atoms with Crippen LogP contribution in [0.2, 0.25) is 8.67 Å². The standard InChI is InChI=1S/C12H13Cl2N3S2/c13-10-5-8(12(14)19-10)9-7-18-11(16-9)6-17-3-1-15-2-4-17/h5,7,15H,1-4,6H2. The molecule has 7 heteroatoms. The van der Waals surface area contributed by atoms with Gasteiger partial charge in [-0.1, -0.05) is 23.2 Å². The number of hydrogen-bond donors (Lipinski definition) is 1. The Kier molecular flexibility index (Phi) is 4.41. The van der Waals surface area contributed by atoms with E-state index in [9.17, 15) is 0 Å². The van der Waals surface area contributed by atoms with E-state index < -0.39 is 0 Å². The summed E-state index contributed by atoms with van der Waals surface area (Å²) in [5.74, 6) is 0. The predicted molar refractivity (Wildman–Crippen MR) is 83.6 cm³/mol. The molecule has 3 heterocycles. The van der Waals surface area contributed by atoms with Crippen molar-refractivity contribution >= 4 is 45.9 Å². The lowest BCUT2D eigenvalue weighted by molar-refractivity contribution is 0.233. The number of halogens is 2. The van der Waals surface area contributed by atoms with Gasteiger partial charge in [0.1, 0.15) is 9.34 Å². The number of thiophene rings is 1. The summed E-state index contributed by atoms with van der Waals surface area (Å²) >= 11 is 15.2. The SMILES string of the molecule is Clc1cc(-c2csc(CN3CCNCC3)n2)c(Cl)s1. The van der Waals surface area contributed by atoms with Crippen molar-refractivity contribution in [3.05, 3.63) is 25.1 Å². The van der Waals surface area contributed by atoms with Crippen LogP contribution in [0.5, 0.6) is 0 Å². The van der Waals surface area contributed by atoms with Crippen LogP contribution < -0.4 is 5.32 Å². The summed E-state index contributed by atoms with van der Waals surface area (Å²) < 4.78 is 1.42. The zero-order valence-corrected chi connectivity index (χ0v) is 13.3. The molecule has 2 aromatic rings. The molecule has 0 radical (unpaired) electrons. The molecule has 1 N–H and O–H groups in total. The maximum absolute atomic E-state index is 6.16. The van der Waals surface area contributed by atoms with Gasteiger partial charge in [-0.15, -0.1) is 22.7 Å². The summed E-state index contributed by atoms with van der Waals surface area (Å²) in [6, 6.07) is 1.89. The Bertz CT molecular complexity index is 561. The van der Waals surface area contributed by atoms with Crippen LogP contribution in [0.25, 0.3) is 11.3 Å².